The van der Waals surface area contributed by atoms with Crippen molar-refractivity contribution < 1.29 is 19.1 Å². The zero-order chi connectivity index (χ0) is 13.8. The maximum atomic E-state index is 11.8. The Labute approximate surface area is 114 Å². The summed E-state index contributed by atoms with van der Waals surface area (Å²) in [6.07, 6.45) is 0.750. The maximum absolute atomic E-state index is 11.8. The Kier molecular flexibility index (Phi) is 4.16. The molecule has 0 unspecified atom stereocenters. The second-order valence-electron chi connectivity index (χ2n) is 4.19. The molecule has 0 aromatic carbocycles. The molecule has 2 N–H and O–H groups in total. The maximum Gasteiger partial charge on any atom is 0.249 e. The van der Waals surface area contributed by atoms with Crippen LogP contribution in [0.5, 0.6) is 5.06 Å². The van der Waals surface area contributed by atoms with Crippen molar-refractivity contribution in [3.05, 3.63) is 17.0 Å². The lowest BCUT2D eigenvalue weighted by molar-refractivity contribution is -0.137. The molecule has 0 bridgehead atoms. The van der Waals surface area contributed by atoms with Gasteiger partial charge < -0.3 is 10.1 Å². The van der Waals surface area contributed by atoms with Gasteiger partial charge in [0.05, 0.1) is 13.5 Å². The third-order valence-corrected chi connectivity index (χ3v) is 3.73. The first kappa shape index (κ1) is 13.5. The number of amides is 3. The van der Waals surface area contributed by atoms with Crippen molar-refractivity contribution >= 4 is 29.1 Å². The predicted molar refractivity (Wildman–Crippen MR) is 68.9 cm³/mol. The van der Waals surface area contributed by atoms with Gasteiger partial charge in [-0.3, -0.25) is 19.7 Å². The van der Waals surface area contributed by atoms with Crippen LogP contribution < -0.4 is 15.4 Å². The molecule has 19 heavy (non-hydrogen) atoms. The Hall–Kier alpha value is -1.89. The van der Waals surface area contributed by atoms with Gasteiger partial charge >= 0.3 is 0 Å². The summed E-state index contributed by atoms with van der Waals surface area (Å²) in [4.78, 5) is 34.3. The van der Waals surface area contributed by atoms with Crippen LogP contribution in [-0.4, -0.2) is 30.9 Å². The first-order chi connectivity index (χ1) is 9.10. The molecule has 1 aromatic heterocycles. The molecule has 1 aliphatic rings. The fraction of sp³-hybridized carbons (Fsp3) is 0.417. The molecule has 0 spiro atoms. The molecular formula is C12H14N2O4S. The largest absolute Gasteiger partial charge is 0.487 e. The van der Waals surface area contributed by atoms with E-state index in [-0.39, 0.29) is 24.7 Å². The minimum absolute atomic E-state index is 0.157. The zero-order valence-corrected chi connectivity index (χ0v) is 11.2. The van der Waals surface area contributed by atoms with Crippen molar-refractivity contribution in [3.63, 3.8) is 0 Å². The van der Waals surface area contributed by atoms with Gasteiger partial charge in [0.1, 0.15) is 6.04 Å². The van der Waals surface area contributed by atoms with Crippen molar-refractivity contribution in [3.8, 4) is 5.06 Å². The Bertz CT molecular complexity index is 512. The van der Waals surface area contributed by atoms with E-state index in [9.17, 15) is 14.4 Å². The lowest BCUT2D eigenvalue weighted by Crippen LogP contribution is -2.52. The molecule has 6 nitrogen and oxygen atoms in total. The third-order valence-electron chi connectivity index (χ3n) is 2.82. The van der Waals surface area contributed by atoms with Crippen LogP contribution in [-0.2, 0) is 20.8 Å². The van der Waals surface area contributed by atoms with Crippen LogP contribution in [0.1, 0.15) is 18.4 Å². The van der Waals surface area contributed by atoms with E-state index in [0.717, 1.165) is 5.56 Å². The number of hydrogen-bond acceptors (Lipinski definition) is 5. The van der Waals surface area contributed by atoms with Crippen molar-refractivity contribution in [1.29, 1.82) is 0 Å². The third kappa shape index (κ3) is 3.31. The highest BCUT2D eigenvalue weighted by atomic mass is 32.1. The van der Waals surface area contributed by atoms with Crippen molar-refractivity contribution in [2.75, 3.05) is 7.11 Å². The summed E-state index contributed by atoms with van der Waals surface area (Å²) in [5.74, 6) is -0.997. The number of piperidine rings is 1. The number of ether oxygens (including phenoxy) is 1. The van der Waals surface area contributed by atoms with E-state index in [1.165, 1.54) is 11.3 Å². The van der Waals surface area contributed by atoms with E-state index >= 15 is 0 Å². The number of thiophene rings is 1. The first-order valence-corrected chi connectivity index (χ1v) is 6.71. The molecule has 2 heterocycles. The molecule has 7 heteroatoms. The average Bonchev–Trinajstić information content (AvgIpc) is 2.80. The molecule has 2 rings (SSSR count). The highest BCUT2D eigenvalue weighted by molar-refractivity contribution is 7.12. The van der Waals surface area contributed by atoms with Gasteiger partial charge in [0.15, 0.2) is 5.06 Å². The Morgan fingerprint density at radius 3 is 3.05 bits per heavy atom. The van der Waals surface area contributed by atoms with Gasteiger partial charge in [-0.05, 0) is 17.9 Å². The van der Waals surface area contributed by atoms with Crippen LogP contribution in [0.2, 0.25) is 0 Å². The Balaban J connectivity index is 1.91. The molecule has 0 aliphatic carbocycles. The number of nitrogens with one attached hydrogen (secondary N) is 2. The molecule has 0 saturated carbocycles. The number of rotatable bonds is 4. The summed E-state index contributed by atoms with van der Waals surface area (Å²) in [5, 5.41) is 7.36. The van der Waals surface area contributed by atoms with E-state index < -0.39 is 11.9 Å². The molecule has 0 radical (unpaired) electrons. The van der Waals surface area contributed by atoms with Crippen molar-refractivity contribution in [2.24, 2.45) is 0 Å². The van der Waals surface area contributed by atoms with E-state index in [0.29, 0.717) is 11.5 Å². The van der Waals surface area contributed by atoms with Crippen LogP contribution in [0.15, 0.2) is 11.4 Å². The first-order valence-electron chi connectivity index (χ1n) is 5.83. The van der Waals surface area contributed by atoms with Gasteiger partial charge in [-0.1, -0.05) is 0 Å². The monoisotopic (exact) mass is 282 g/mol. The van der Waals surface area contributed by atoms with Gasteiger partial charge in [0.25, 0.3) is 0 Å². The van der Waals surface area contributed by atoms with E-state index in [4.69, 9.17) is 4.74 Å². The fourth-order valence-electron chi connectivity index (χ4n) is 1.88. The van der Waals surface area contributed by atoms with Gasteiger partial charge in [0, 0.05) is 12.0 Å². The second kappa shape index (κ2) is 5.83. The second-order valence-corrected chi connectivity index (χ2v) is 5.06. The van der Waals surface area contributed by atoms with E-state index in [2.05, 4.69) is 10.6 Å². The summed E-state index contributed by atoms with van der Waals surface area (Å²) in [7, 11) is 1.55. The number of carbonyl (C=O) groups is 3. The average molecular weight is 282 g/mol. The van der Waals surface area contributed by atoms with Crippen molar-refractivity contribution in [1.82, 2.24) is 10.6 Å². The molecular weight excluding hydrogens is 268 g/mol. The standard InChI is InChI=1S/C12H14N2O4S/c1-18-12-7(4-5-19-12)6-10(16)13-8-2-3-9(15)14-11(8)17/h4-5,8H,2-3,6H2,1H3,(H,13,16)(H,14,15,17)/t8-/m1/s1. The number of carbonyl (C=O) groups excluding carboxylic acids is 3. The van der Waals surface area contributed by atoms with E-state index in [1.807, 2.05) is 11.4 Å². The smallest absolute Gasteiger partial charge is 0.249 e. The summed E-state index contributed by atoms with van der Waals surface area (Å²) in [6, 6.07) is 1.18. The van der Waals surface area contributed by atoms with Crippen molar-refractivity contribution in [2.45, 2.75) is 25.3 Å². The van der Waals surface area contributed by atoms with Crippen LogP contribution in [0.3, 0.4) is 0 Å². The number of hydrogen-bond donors (Lipinski definition) is 2. The van der Waals surface area contributed by atoms with Crippen LogP contribution in [0, 0.1) is 0 Å². The molecule has 1 aliphatic heterocycles. The normalized spacial score (nSPS) is 18.9. The molecule has 3 amide bonds. The molecule has 1 atom stereocenters. The summed E-state index contributed by atoms with van der Waals surface area (Å²) in [6.45, 7) is 0. The lowest BCUT2D eigenvalue weighted by Gasteiger charge is -2.21. The highest BCUT2D eigenvalue weighted by Gasteiger charge is 2.27. The highest BCUT2D eigenvalue weighted by Crippen LogP contribution is 2.25. The van der Waals surface area contributed by atoms with Gasteiger partial charge in [-0.2, -0.15) is 0 Å². The summed E-state index contributed by atoms with van der Waals surface area (Å²) >= 11 is 1.41. The molecule has 1 aromatic rings. The van der Waals surface area contributed by atoms with Crippen LogP contribution >= 0.6 is 11.3 Å². The Morgan fingerprint density at radius 1 is 1.58 bits per heavy atom. The van der Waals surface area contributed by atoms with Gasteiger partial charge in [-0.25, -0.2) is 0 Å². The lowest BCUT2D eigenvalue weighted by atomic mass is 10.1. The topological polar surface area (TPSA) is 84.5 Å². The molecule has 1 saturated heterocycles. The molecule has 102 valence electrons. The van der Waals surface area contributed by atoms with Gasteiger partial charge in [-0.15, -0.1) is 11.3 Å². The van der Waals surface area contributed by atoms with Gasteiger partial charge in [0.2, 0.25) is 17.7 Å². The quantitative estimate of drug-likeness (QED) is 0.774. The SMILES string of the molecule is COc1sccc1CC(=O)N[C@@H]1CCC(=O)NC1=O. The van der Waals surface area contributed by atoms with Crippen LogP contribution in [0.4, 0.5) is 0 Å². The fourth-order valence-corrected chi connectivity index (χ4v) is 2.63. The summed E-state index contributed by atoms with van der Waals surface area (Å²) in [5.41, 5.74) is 0.789. The predicted octanol–water partition coefficient (Wildman–Crippen LogP) is 0.221. The summed E-state index contributed by atoms with van der Waals surface area (Å²) < 4.78 is 5.13. The minimum Gasteiger partial charge on any atom is -0.487 e. The van der Waals surface area contributed by atoms with Crippen LogP contribution in [0.25, 0.3) is 0 Å². The molecule has 1 fully saturated rings. The van der Waals surface area contributed by atoms with E-state index in [1.54, 1.807) is 7.11 Å². The zero-order valence-electron chi connectivity index (χ0n) is 10.4. The Morgan fingerprint density at radius 2 is 2.37 bits per heavy atom. The number of methoxy groups -OCH3 is 1. The number of imide groups is 1. The minimum atomic E-state index is -0.630.